The van der Waals surface area contributed by atoms with Gasteiger partial charge in [0, 0.05) is 5.92 Å². The van der Waals surface area contributed by atoms with E-state index >= 15 is 0 Å². The Labute approximate surface area is 78.0 Å². The van der Waals surface area contributed by atoms with Crippen LogP contribution in [0.5, 0.6) is 0 Å². The molecule has 1 saturated carbocycles. The number of hydrogen-bond acceptors (Lipinski definition) is 1. The van der Waals surface area contributed by atoms with E-state index in [2.05, 4.69) is 5.32 Å². The number of rotatable bonds is 2. The minimum atomic E-state index is 0.0532. The fourth-order valence-electron chi connectivity index (χ4n) is 1.38. The molecule has 0 atom stereocenters. The molecule has 0 unspecified atom stereocenters. The molecule has 0 aliphatic heterocycles. The van der Waals surface area contributed by atoms with Crippen LogP contribution in [0.4, 0.5) is 5.69 Å². The van der Waals surface area contributed by atoms with Crippen LogP contribution in [0.2, 0.25) is 0 Å². The van der Waals surface area contributed by atoms with Gasteiger partial charge in [-0.3, -0.25) is 4.79 Å². The summed E-state index contributed by atoms with van der Waals surface area (Å²) < 4.78 is 0. The summed E-state index contributed by atoms with van der Waals surface area (Å²) in [5.74, 6) is 0.262. The molecular weight excluding hydrogens is 162 g/mol. The van der Waals surface area contributed by atoms with Crippen molar-refractivity contribution >= 4 is 11.6 Å². The van der Waals surface area contributed by atoms with Crippen molar-refractivity contribution in [3.8, 4) is 0 Å². The Bertz CT molecular complexity index is 290. The molecule has 0 bridgehead atoms. The third-order valence-corrected chi connectivity index (χ3v) is 2.45. The lowest BCUT2D eigenvalue weighted by atomic mass is 9.85. The van der Waals surface area contributed by atoms with Crippen LogP contribution in [-0.2, 0) is 4.79 Å². The first kappa shape index (κ1) is 8.30. The topological polar surface area (TPSA) is 31.2 Å². The quantitative estimate of drug-likeness (QED) is 0.676. The van der Waals surface area contributed by atoms with Gasteiger partial charge in [-0.15, -0.1) is 0 Å². The van der Waals surface area contributed by atoms with Gasteiger partial charge >= 0.3 is 0 Å². The number of hydrogen-bond donors (Lipinski definition) is 0. The summed E-state index contributed by atoms with van der Waals surface area (Å²) in [6.45, 7) is 0. The summed E-state index contributed by atoms with van der Waals surface area (Å²) in [4.78, 5) is 11.4. The van der Waals surface area contributed by atoms with Gasteiger partial charge in [-0.1, -0.05) is 24.6 Å². The molecule has 13 heavy (non-hydrogen) atoms. The average molecular weight is 174 g/mol. The van der Waals surface area contributed by atoms with Gasteiger partial charge in [0.2, 0.25) is 5.91 Å². The second-order valence-electron chi connectivity index (χ2n) is 3.41. The first-order chi connectivity index (χ1) is 6.36. The molecule has 1 aromatic carbocycles. The van der Waals surface area contributed by atoms with E-state index in [-0.39, 0.29) is 11.8 Å². The number of para-hydroxylation sites is 1. The molecule has 1 aromatic rings. The van der Waals surface area contributed by atoms with Crippen molar-refractivity contribution in [2.24, 2.45) is 5.92 Å². The van der Waals surface area contributed by atoms with Gasteiger partial charge < -0.3 is 0 Å². The zero-order valence-electron chi connectivity index (χ0n) is 7.44. The minimum absolute atomic E-state index is 0.0532. The van der Waals surface area contributed by atoms with Crippen molar-refractivity contribution in [1.29, 1.82) is 0 Å². The lowest BCUT2D eigenvalue weighted by Gasteiger charge is -2.22. The SMILES string of the molecule is O=C([N]c1ccccc1)C1CCC1. The largest absolute Gasteiger partial charge is 0.272 e. The highest BCUT2D eigenvalue weighted by atomic mass is 16.1. The molecule has 2 nitrogen and oxygen atoms in total. The van der Waals surface area contributed by atoms with Crippen LogP contribution < -0.4 is 5.32 Å². The Morgan fingerprint density at radius 1 is 1.23 bits per heavy atom. The first-order valence-corrected chi connectivity index (χ1v) is 4.67. The van der Waals surface area contributed by atoms with Crippen molar-refractivity contribution in [2.75, 3.05) is 0 Å². The van der Waals surface area contributed by atoms with E-state index in [0.29, 0.717) is 0 Å². The van der Waals surface area contributed by atoms with Crippen molar-refractivity contribution in [3.05, 3.63) is 30.3 Å². The van der Waals surface area contributed by atoms with Crippen LogP contribution in [-0.4, -0.2) is 5.91 Å². The lowest BCUT2D eigenvalue weighted by molar-refractivity contribution is -0.126. The molecule has 0 N–H and O–H groups in total. The second-order valence-corrected chi connectivity index (χ2v) is 3.41. The van der Waals surface area contributed by atoms with Crippen LogP contribution in [0.15, 0.2) is 30.3 Å². The third-order valence-electron chi connectivity index (χ3n) is 2.45. The molecule has 0 heterocycles. The van der Waals surface area contributed by atoms with Crippen molar-refractivity contribution in [3.63, 3.8) is 0 Å². The molecule has 0 saturated heterocycles. The van der Waals surface area contributed by atoms with E-state index in [4.69, 9.17) is 0 Å². The van der Waals surface area contributed by atoms with E-state index in [0.717, 1.165) is 18.5 Å². The molecule has 0 spiro atoms. The number of carbonyl (C=O) groups is 1. The number of benzene rings is 1. The maximum Gasteiger partial charge on any atom is 0.249 e. The molecule has 2 rings (SSSR count). The number of nitrogens with zero attached hydrogens (tertiary/aromatic N) is 1. The Morgan fingerprint density at radius 3 is 2.46 bits per heavy atom. The Hall–Kier alpha value is -1.31. The first-order valence-electron chi connectivity index (χ1n) is 4.67. The summed E-state index contributed by atoms with van der Waals surface area (Å²) in [5, 5.41) is 4.04. The summed E-state index contributed by atoms with van der Waals surface area (Å²) >= 11 is 0. The summed E-state index contributed by atoms with van der Waals surface area (Å²) in [6, 6.07) is 9.43. The highest BCUT2D eigenvalue weighted by Crippen LogP contribution is 2.27. The maximum absolute atomic E-state index is 11.4. The molecule has 2 heteroatoms. The molecule has 1 fully saturated rings. The van der Waals surface area contributed by atoms with Crippen molar-refractivity contribution < 1.29 is 4.79 Å². The Kier molecular flexibility index (Phi) is 2.30. The van der Waals surface area contributed by atoms with E-state index in [1.54, 1.807) is 0 Å². The van der Waals surface area contributed by atoms with Gasteiger partial charge in [0.25, 0.3) is 0 Å². The number of amides is 1. The van der Waals surface area contributed by atoms with Crippen LogP contribution in [0.1, 0.15) is 19.3 Å². The van der Waals surface area contributed by atoms with E-state index in [1.165, 1.54) is 6.42 Å². The Balaban J connectivity index is 1.94. The Morgan fingerprint density at radius 2 is 1.92 bits per heavy atom. The van der Waals surface area contributed by atoms with E-state index in [1.807, 2.05) is 30.3 Å². The highest BCUT2D eigenvalue weighted by Gasteiger charge is 2.25. The van der Waals surface area contributed by atoms with Gasteiger partial charge in [-0.25, -0.2) is 5.32 Å². The number of carbonyl (C=O) groups excluding carboxylic acids is 1. The van der Waals surface area contributed by atoms with Gasteiger partial charge in [0.15, 0.2) is 0 Å². The monoisotopic (exact) mass is 174 g/mol. The third kappa shape index (κ3) is 1.89. The maximum atomic E-state index is 11.4. The van der Waals surface area contributed by atoms with Crippen LogP contribution in [0.3, 0.4) is 0 Å². The van der Waals surface area contributed by atoms with Gasteiger partial charge in [-0.05, 0) is 25.0 Å². The van der Waals surface area contributed by atoms with Crippen molar-refractivity contribution in [2.45, 2.75) is 19.3 Å². The van der Waals surface area contributed by atoms with Crippen molar-refractivity contribution in [1.82, 2.24) is 5.32 Å². The second kappa shape index (κ2) is 3.60. The summed E-state index contributed by atoms with van der Waals surface area (Å²) in [6.07, 6.45) is 3.23. The van der Waals surface area contributed by atoms with Crippen LogP contribution >= 0.6 is 0 Å². The molecule has 1 aliphatic carbocycles. The molecule has 67 valence electrons. The zero-order chi connectivity index (χ0) is 9.10. The standard InChI is InChI=1S/C11H12NO/c13-11(9-5-4-6-9)12-10-7-2-1-3-8-10/h1-3,7-9H,4-6H2. The van der Waals surface area contributed by atoms with E-state index in [9.17, 15) is 4.79 Å². The predicted molar refractivity (Wildman–Crippen MR) is 50.6 cm³/mol. The normalized spacial score (nSPS) is 16.3. The van der Waals surface area contributed by atoms with Gasteiger partial charge in [0.1, 0.15) is 0 Å². The molecule has 0 aromatic heterocycles. The minimum Gasteiger partial charge on any atom is -0.272 e. The zero-order valence-corrected chi connectivity index (χ0v) is 7.44. The smallest absolute Gasteiger partial charge is 0.249 e. The molecule has 1 aliphatic rings. The van der Waals surface area contributed by atoms with Gasteiger partial charge in [-0.2, -0.15) is 0 Å². The van der Waals surface area contributed by atoms with Crippen LogP contribution in [0, 0.1) is 5.92 Å². The molecule has 1 amide bonds. The average Bonchev–Trinajstić information content (AvgIpc) is 2.02. The van der Waals surface area contributed by atoms with Gasteiger partial charge in [0.05, 0.1) is 5.69 Å². The summed E-state index contributed by atoms with van der Waals surface area (Å²) in [5.41, 5.74) is 0.777. The highest BCUT2D eigenvalue weighted by molar-refractivity contribution is 5.83. The van der Waals surface area contributed by atoms with E-state index < -0.39 is 0 Å². The predicted octanol–water partition coefficient (Wildman–Crippen LogP) is 2.25. The summed E-state index contributed by atoms with van der Waals surface area (Å²) in [7, 11) is 0. The fraction of sp³-hybridized carbons (Fsp3) is 0.364. The lowest BCUT2D eigenvalue weighted by Crippen LogP contribution is -2.27. The fourth-order valence-corrected chi connectivity index (χ4v) is 1.38. The van der Waals surface area contributed by atoms with Crippen LogP contribution in [0.25, 0.3) is 0 Å². The molecule has 1 radical (unpaired) electrons. The molecular formula is C11H12NO.